The fourth-order valence-corrected chi connectivity index (χ4v) is 3.36. The Bertz CT molecular complexity index is 139. The molecule has 0 radical (unpaired) electrons. The molecule has 0 saturated carbocycles. The first kappa shape index (κ1) is 8.18. The van der Waals surface area contributed by atoms with Crippen molar-refractivity contribution in [3.63, 3.8) is 0 Å². The molecule has 0 aromatic carbocycles. The molecule has 1 heterocycles. The number of rotatable bonds is 2. The van der Waals surface area contributed by atoms with Gasteiger partial charge in [0.25, 0.3) is 0 Å². The quantitative estimate of drug-likeness (QED) is 0.466. The zero-order valence-corrected chi connectivity index (χ0v) is 7.21. The Morgan fingerprint density at radius 1 is 1.60 bits per heavy atom. The molecule has 0 aromatic rings. The minimum atomic E-state index is 0.556. The van der Waals surface area contributed by atoms with Crippen LogP contribution >= 0.6 is 23.5 Å². The van der Waals surface area contributed by atoms with Gasteiger partial charge in [0.05, 0.1) is 6.54 Å². The smallest absolute Gasteiger partial charge is 0.211 e. The lowest BCUT2D eigenvalue weighted by Gasteiger charge is -2.17. The Balaban J connectivity index is 2.19. The Morgan fingerprint density at radius 3 is 3.10 bits per heavy atom. The molecule has 1 unspecified atom stereocenters. The second-order valence-corrected chi connectivity index (χ2v) is 4.56. The van der Waals surface area contributed by atoms with Gasteiger partial charge in [-0.25, -0.2) is 9.79 Å². The first-order valence-electron chi connectivity index (χ1n) is 3.16. The van der Waals surface area contributed by atoms with E-state index in [1.165, 1.54) is 11.5 Å². The van der Waals surface area contributed by atoms with Crippen LogP contribution in [0.2, 0.25) is 0 Å². The van der Waals surface area contributed by atoms with Crippen LogP contribution < -0.4 is 0 Å². The molecule has 0 bridgehead atoms. The highest BCUT2D eigenvalue weighted by atomic mass is 32.2. The van der Waals surface area contributed by atoms with Crippen molar-refractivity contribution in [2.24, 2.45) is 4.99 Å². The van der Waals surface area contributed by atoms with Crippen LogP contribution in [0.5, 0.6) is 0 Å². The van der Waals surface area contributed by atoms with E-state index in [2.05, 4.69) is 4.99 Å². The highest BCUT2D eigenvalue weighted by Crippen LogP contribution is 2.23. The summed E-state index contributed by atoms with van der Waals surface area (Å²) in [4.78, 5) is 13.3. The fourth-order valence-electron chi connectivity index (χ4n) is 0.781. The van der Waals surface area contributed by atoms with Crippen molar-refractivity contribution >= 4 is 29.6 Å². The van der Waals surface area contributed by atoms with E-state index in [4.69, 9.17) is 0 Å². The third kappa shape index (κ3) is 2.78. The summed E-state index contributed by atoms with van der Waals surface area (Å²) in [5, 5.41) is 0.556. The highest BCUT2D eigenvalue weighted by Gasteiger charge is 2.12. The number of hydrogen-bond acceptors (Lipinski definition) is 4. The molecule has 0 amide bonds. The van der Waals surface area contributed by atoms with Crippen LogP contribution in [0.4, 0.5) is 0 Å². The molecule has 1 aliphatic rings. The van der Waals surface area contributed by atoms with Crippen LogP contribution in [-0.2, 0) is 4.79 Å². The Labute approximate surface area is 68.9 Å². The van der Waals surface area contributed by atoms with E-state index in [9.17, 15) is 4.79 Å². The summed E-state index contributed by atoms with van der Waals surface area (Å²) in [6.45, 7) is 0.654. The standard InChI is InChI=1S/C6H9NOS2/c8-5-7-3-6-4-9-1-2-10-6/h6H,1-4H2. The summed E-state index contributed by atoms with van der Waals surface area (Å²) in [5.74, 6) is 3.57. The summed E-state index contributed by atoms with van der Waals surface area (Å²) in [5.41, 5.74) is 0. The van der Waals surface area contributed by atoms with Crippen LogP contribution in [0.25, 0.3) is 0 Å². The fraction of sp³-hybridized carbons (Fsp3) is 0.833. The maximum Gasteiger partial charge on any atom is 0.234 e. The van der Waals surface area contributed by atoms with E-state index < -0.39 is 0 Å². The van der Waals surface area contributed by atoms with E-state index in [0.29, 0.717) is 11.8 Å². The van der Waals surface area contributed by atoms with E-state index in [-0.39, 0.29) is 0 Å². The normalized spacial score (nSPS) is 25.4. The molecule has 0 aliphatic carbocycles. The number of hydrogen-bond donors (Lipinski definition) is 0. The maximum atomic E-state index is 9.74. The number of thioether (sulfide) groups is 2. The van der Waals surface area contributed by atoms with Gasteiger partial charge < -0.3 is 0 Å². The molecule has 56 valence electrons. The van der Waals surface area contributed by atoms with Crippen molar-refractivity contribution in [3.8, 4) is 0 Å². The van der Waals surface area contributed by atoms with Gasteiger partial charge in [-0.15, -0.1) is 0 Å². The second kappa shape index (κ2) is 4.83. The molecular formula is C6H9NOS2. The molecule has 4 heteroatoms. The van der Waals surface area contributed by atoms with Crippen LogP contribution in [0.3, 0.4) is 0 Å². The lowest BCUT2D eigenvalue weighted by Crippen LogP contribution is -2.16. The molecule has 1 aliphatic heterocycles. The van der Waals surface area contributed by atoms with Crippen molar-refractivity contribution < 1.29 is 4.79 Å². The monoisotopic (exact) mass is 175 g/mol. The minimum absolute atomic E-state index is 0.556. The van der Waals surface area contributed by atoms with E-state index >= 15 is 0 Å². The first-order valence-corrected chi connectivity index (χ1v) is 5.37. The van der Waals surface area contributed by atoms with Gasteiger partial charge in [0, 0.05) is 22.5 Å². The molecule has 1 rings (SSSR count). The van der Waals surface area contributed by atoms with Crippen molar-refractivity contribution in [1.82, 2.24) is 0 Å². The Kier molecular flexibility index (Phi) is 3.95. The minimum Gasteiger partial charge on any atom is -0.211 e. The zero-order chi connectivity index (χ0) is 7.23. The van der Waals surface area contributed by atoms with E-state index in [0.717, 1.165) is 5.75 Å². The average Bonchev–Trinajstić information content (AvgIpc) is 2.03. The predicted octanol–water partition coefficient (Wildman–Crippen LogP) is 1.17. The zero-order valence-electron chi connectivity index (χ0n) is 5.58. The van der Waals surface area contributed by atoms with Crippen molar-refractivity contribution in [3.05, 3.63) is 0 Å². The molecule has 1 fully saturated rings. The summed E-state index contributed by atoms with van der Waals surface area (Å²) >= 11 is 3.85. The summed E-state index contributed by atoms with van der Waals surface area (Å²) < 4.78 is 0. The summed E-state index contributed by atoms with van der Waals surface area (Å²) in [6, 6.07) is 0. The third-order valence-corrected chi connectivity index (χ3v) is 4.07. The van der Waals surface area contributed by atoms with E-state index in [1.807, 2.05) is 23.5 Å². The van der Waals surface area contributed by atoms with Crippen LogP contribution in [-0.4, -0.2) is 35.1 Å². The number of carbonyl (C=O) groups excluding carboxylic acids is 1. The van der Waals surface area contributed by atoms with Crippen molar-refractivity contribution in [1.29, 1.82) is 0 Å². The lowest BCUT2D eigenvalue weighted by molar-refractivity contribution is 0.563. The van der Waals surface area contributed by atoms with Gasteiger partial charge in [-0.3, -0.25) is 0 Å². The molecule has 1 atom stereocenters. The third-order valence-electron chi connectivity index (χ3n) is 1.24. The van der Waals surface area contributed by atoms with Gasteiger partial charge in [0.1, 0.15) is 0 Å². The molecule has 0 aromatic heterocycles. The number of isocyanates is 1. The van der Waals surface area contributed by atoms with E-state index in [1.54, 1.807) is 6.08 Å². The largest absolute Gasteiger partial charge is 0.234 e. The topological polar surface area (TPSA) is 29.4 Å². The summed E-state index contributed by atoms with van der Waals surface area (Å²) in [6.07, 6.45) is 1.57. The molecule has 1 saturated heterocycles. The molecule has 0 spiro atoms. The Hall–Kier alpha value is 0.0800. The molecular weight excluding hydrogens is 166 g/mol. The van der Waals surface area contributed by atoms with Crippen LogP contribution in [0.1, 0.15) is 0 Å². The van der Waals surface area contributed by atoms with Crippen molar-refractivity contribution in [2.45, 2.75) is 5.25 Å². The molecule has 10 heavy (non-hydrogen) atoms. The average molecular weight is 175 g/mol. The van der Waals surface area contributed by atoms with Gasteiger partial charge in [0.15, 0.2) is 0 Å². The van der Waals surface area contributed by atoms with Gasteiger partial charge in [-0.05, 0) is 0 Å². The molecule has 0 N–H and O–H groups in total. The maximum absolute atomic E-state index is 9.74. The number of nitrogens with zero attached hydrogens (tertiary/aromatic N) is 1. The summed E-state index contributed by atoms with van der Waals surface area (Å²) in [7, 11) is 0. The van der Waals surface area contributed by atoms with Crippen LogP contribution in [0, 0.1) is 0 Å². The lowest BCUT2D eigenvalue weighted by atomic mass is 10.5. The second-order valence-electron chi connectivity index (χ2n) is 2.00. The van der Waals surface area contributed by atoms with Gasteiger partial charge in [-0.2, -0.15) is 23.5 Å². The first-order chi connectivity index (χ1) is 4.93. The van der Waals surface area contributed by atoms with Gasteiger partial charge in [0.2, 0.25) is 6.08 Å². The van der Waals surface area contributed by atoms with Gasteiger partial charge >= 0.3 is 0 Å². The van der Waals surface area contributed by atoms with Gasteiger partial charge in [-0.1, -0.05) is 0 Å². The van der Waals surface area contributed by atoms with Crippen molar-refractivity contribution in [2.75, 3.05) is 23.8 Å². The molecule has 2 nitrogen and oxygen atoms in total. The SMILES string of the molecule is O=C=NCC1CSCCS1. The predicted molar refractivity (Wildman–Crippen MR) is 46.6 cm³/mol. The Morgan fingerprint density at radius 2 is 2.50 bits per heavy atom. The highest BCUT2D eigenvalue weighted by molar-refractivity contribution is 8.06. The number of aliphatic imine (C=N–C) groups is 1. The van der Waals surface area contributed by atoms with Crippen LogP contribution in [0.15, 0.2) is 4.99 Å².